The Morgan fingerprint density at radius 2 is 1.93 bits per heavy atom. The first-order chi connectivity index (χ1) is 13.7. The number of fused-ring (bicyclic) bond motifs is 4. The highest BCUT2D eigenvalue weighted by atomic mass is 16.5. The number of benzene rings is 2. The average Bonchev–Trinajstić information content (AvgIpc) is 3.17. The summed E-state index contributed by atoms with van der Waals surface area (Å²) < 4.78 is 7.04. The standard InChI is InChI=1S/C21H22N6O/c1-28-17-8-4-7-16-19(17)24-21(22)27-20(16)23-18(25-27)10-12-26-11-9-14-5-2-3-6-15(14)13-26/h2-8H,9-13H2,1H3,(H2,22,24). The maximum Gasteiger partial charge on any atom is 0.223 e. The Balaban J connectivity index is 1.41. The van der Waals surface area contributed by atoms with Gasteiger partial charge in [0.25, 0.3) is 0 Å². The van der Waals surface area contributed by atoms with Crippen LogP contribution in [0.4, 0.5) is 5.95 Å². The maximum absolute atomic E-state index is 6.13. The number of nitrogens with zero attached hydrogens (tertiary/aromatic N) is 5. The SMILES string of the molecule is COc1cccc2c1nc(N)n1nc(CCN3CCc4ccccc4C3)nc21. The minimum atomic E-state index is 0.317. The van der Waals surface area contributed by atoms with Gasteiger partial charge >= 0.3 is 0 Å². The summed E-state index contributed by atoms with van der Waals surface area (Å²) in [6, 6.07) is 14.4. The molecule has 3 heterocycles. The third-order valence-corrected chi connectivity index (χ3v) is 5.42. The van der Waals surface area contributed by atoms with Gasteiger partial charge in [-0.05, 0) is 29.7 Å². The molecule has 142 valence electrons. The van der Waals surface area contributed by atoms with Gasteiger partial charge in [-0.3, -0.25) is 4.90 Å². The summed E-state index contributed by atoms with van der Waals surface area (Å²) in [7, 11) is 1.63. The lowest BCUT2D eigenvalue weighted by atomic mass is 10.00. The van der Waals surface area contributed by atoms with E-state index in [1.807, 2.05) is 18.2 Å². The monoisotopic (exact) mass is 374 g/mol. The van der Waals surface area contributed by atoms with Crippen LogP contribution in [0, 0.1) is 0 Å². The number of para-hydroxylation sites is 1. The van der Waals surface area contributed by atoms with Gasteiger partial charge in [0, 0.05) is 31.4 Å². The van der Waals surface area contributed by atoms with Crippen LogP contribution in [-0.4, -0.2) is 44.7 Å². The van der Waals surface area contributed by atoms with Gasteiger partial charge in [-0.25, -0.2) is 9.97 Å². The van der Waals surface area contributed by atoms with E-state index in [0.29, 0.717) is 17.2 Å². The minimum absolute atomic E-state index is 0.317. The summed E-state index contributed by atoms with van der Waals surface area (Å²) in [5.74, 6) is 1.78. The van der Waals surface area contributed by atoms with E-state index in [2.05, 4.69) is 39.2 Å². The van der Waals surface area contributed by atoms with E-state index >= 15 is 0 Å². The molecule has 2 aromatic heterocycles. The van der Waals surface area contributed by atoms with E-state index in [-0.39, 0.29) is 0 Å². The number of nitrogens with two attached hydrogens (primary N) is 1. The Morgan fingerprint density at radius 3 is 2.79 bits per heavy atom. The predicted octanol–water partition coefficient (Wildman–Crippen LogP) is 2.47. The number of nitrogen functional groups attached to an aromatic ring is 1. The first-order valence-corrected chi connectivity index (χ1v) is 9.50. The molecular weight excluding hydrogens is 352 g/mol. The third kappa shape index (κ3) is 2.84. The maximum atomic E-state index is 6.13. The molecule has 7 nitrogen and oxygen atoms in total. The summed E-state index contributed by atoms with van der Waals surface area (Å²) >= 11 is 0. The van der Waals surface area contributed by atoms with Gasteiger partial charge in [0.05, 0.1) is 7.11 Å². The molecule has 0 bridgehead atoms. The number of hydrogen-bond acceptors (Lipinski definition) is 6. The molecule has 5 rings (SSSR count). The van der Waals surface area contributed by atoms with Crippen molar-refractivity contribution in [3.05, 3.63) is 59.4 Å². The van der Waals surface area contributed by atoms with Gasteiger partial charge in [-0.15, -0.1) is 5.10 Å². The summed E-state index contributed by atoms with van der Waals surface area (Å²) in [5, 5.41) is 5.49. The first kappa shape index (κ1) is 16.9. The van der Waals surface area contributed by atoms with Crippen molar-refractivity contribution in [3.8, 4) is 5.75 Å². The van der Waals surface area contributed by atoms with Crippen LogP contribution in [0.15, 0.2) is 42.5 Å². The zero-order valence-corrected chi connectivity index (χ0v) is 15.8. The highest BCUT2D eigenvalue weighted by Gasteiger charge is 2.18. The van der Waals surface area contributed by atoms with Crippen molar-refractivity contribution in [2.45, 2.75) is 19.4 Å². The molecule has 0 radical (unpaired) electrons. The fourth-order valence-electron chi connectivity index (χ4n) is 3.94. The summed E-state index contributed by atoms with van der Waals surface area (Å²) in [6.45, 7) is 2.96. The van der Waals surface area contributed by atoms with E-state index in [1.165, 1.54) is 11.1 Å². The summed E-state index contributed by atoms with van der Waals surface area (Å²) in [6.07, 6.45) is 1.87. The number of aromatic nitrogens is 4. The number of anilines is 1. The van der Waals surface area contributed by atoms with E-state index in [4.69, 9.17) is 15.5 Å². The Bertz CT molecular complexity index is 1170. The summed E-state index contributed by atoms with van der Waals surface area (Å²) in [4.78, 5) is 11.7. The number of hydrogen-bond donors (Lipinski definition) is 1. The first-order valence-electron chi connectivity index (χ1n) is 9.50. The number of methoxy groups -OCH3 is 1. The van der Waals surface area contributed by atoms with Crippen LogP contribution in [0.2, 0.25) is 0 Å². The largest absolute Gasteiger partial charge is 0.494 e. The van der Waals surface area contributed by atoms with Crippen molar-refractivity contribution in [1.29, 1.82) is 0 Å². The zero-order chi connectivity index (χ0) is 19.1. The number of ether oxygens (including phenoxy) is 1. The Morgan fingerprint density at radius 1 is 1.07 bits per heavy atom. The molecule has 0 amide bonds. The molecule has 0 unspecified atom stereocenters. The lowest BCUT2D eigenvalue weighted by molar-refractivity contribution is 0.256. The molecule has 28 heavy (non-hydrogen) atoms. The average molecular weight is 374 g/mol. The number of rotatable bonds is 4. The van der Waals surface area contributed by atoms with Crippen molar-refractivity contribution >= 4 is 22.5 Å². The molecule has 2 aromatic carbocycles. The van der Waals surface area contributed by atoms with Crippen LogP contribution in [0.5, 0.6) is 5.75 Å². The Hall–Kier alpha value is -3.19. The predicted molar refractivity (Wildman–Crippen MR) is 108 cm³/mol. The van der Waals surface area contributed by atoms with Gasteiger partial charge in [0.1, 0.15) is 11.3 Å². The van der Waals surface area contributed by atoms with Crippen LogP contribution >= 0.6 is 0 Å². The Labute approximate surface area is 162 Å². The molecule has 0 aliphatic carbocycles. The van der Waals surface area contributed by atoms with Gasteiger partial charge < -0.3 is 10.5 Å². The van der Waals surface area contributed by atoms with Gasteiger partial charge in [0.2, 0.25) is 5.95 Å². The second kappa shape index (κ2) is 6.76. The van der Waals surface area contributed by atoms with Crippen molar-refractivity contribution in [3.63, 3.8) is 0 Å². The molecule has 0 saturated carbocycles. The van der Waals surface area contributed by atoms with Crippen LogP contribution < -0.4 is 10.5 Å². The van der Waals surface area contributed by atoms with Crippen LogP contribution in [0.25, 0.3) is 16.6 Å². The normalized spacial score (nSPS) is 14.5. The smallest absolute Gasteiger partial charge is 0.223 e. The van der Waals surface area contributed by atoms with E-state index in [0.717, 1.165) is 49.3 Å². The lowest BCUT2D eigenvalue weighted by Crippen LogP contribution is -2.32. The molecule has 1 aliphatic rings. The molecule has 0 saturated heterocycles. The van der Waals surface area contributed by atoms with Crippen molar-refractivity contribution in [2.75, 3.05) is 25.9 Å². The topological polar surface area (TPSA) is 81.6 Å². The van der Waals surface area contributed by atoms with Crippen LogP contribution in [-0.2, 0) is 19.4 Å². The molecule has 0 atom stereocenters. The highest BCUT2D eigenvalue weighted by Crippen LogP contribution is 2.27. The molecule has 1 aliphatic heterocycles. The fraction of sp³-hybridized carbons (Fsp3) is 0.286. The van der Waals surface area contributed by atoms with Gasteiger partial charge in [-0.1, -0.05) is 30.3 Å². The quantitative estimate of drug-likeness (QED) is 0.591. The molecule has 0 fully saturated rings. The summed E-state index contributed by atoms with van der Waals surface area (Å²) in [5.41, 5.74) is 10.4. The van der Waals surface area contributed by atoms with Crippen LogP contribution in [0.3, 0.4) is 0 Å². The highest BCUT2D eigenvalue weighted by molar-refractivity contribution is 5.95. The van der Waals surface area contributed by atoms with E-state index < -0.39 is 0 Å². The zero-order valence-electron chi connectivity index (χ0n) is 15.8. The molecular formula is C21H22N6O. The third-order valence-electron chi connectivity index (χ3n) is 5.42. The van der Waals surface area contributed by atoms with Crippen LogP contribution in [0.1, 0.15) is 17.0 Å². The van der Waals surface area contributed by atoms with E-state index in [9.17, 15) is 0 Å². The Kier molecular flexibility index (Phi) is 4.09. The lowest BCUT2D eigenvalue weighted by Gasteiger charge is -2.28. The molecule has 0 spiro atoms. The minimum Gasteiger partial charge on any atom is -0.494 e. The van der Waals surface area contributed by atoms with E-state index in [1.54, 1.807) is 11.6 Å². The van der Waals surface area contributed by atoms with Crippen molar-refractivity contribution in [2.24, 2.45) is 0 Å². The van der Waals surface area contributed by atoms with Gasteiger partial charge in [0.15, 0.2) is 11.5 Å². The second-order valence-electron chi connectivity index (χ2n) is 7.13. The molecule has 2 N–H and O–H groups in total. The molecule has 4 aromatic rings. The second-order valence-corrected chi connectivity index (χ2v) is 7.13. The molecule has 7 heteroatoms. The van der Waals surface area contributed by atoms with Crippen molar-refractivity contribution < 1.29 is 4.74 Å². The fourth-order valence-corrected chi connectivity index (χ4v) is 3.94. The van der Waals surface area contributed by atoms with Gasteiger partial charge in [-0.2, -0.15) is 4.52 Å². The van der Waals surface area contributed by atoms with Crippen molar-refractivity contribution in [1.82, 2.24) is 24.5 Å².